The number of carbonyl (C=O) groups excluding carboxylic acids is 1. The molecule has 0 aliphatic carbocycles. The molecule has 0 saturated carbocycles. The van der Waals surface area contributed by atoms with Gasteiger partial charge in [-0.15, -0.1) is 0 Å². The molecule has 3 aromatic rings. The Morgan fingerprint density at radius 2 is 1.74 bits per heavy atom. The summed E-state index contributed by atoms with van der Waals surface area (Å²) in [5, 5.41) is 2.99. The summed E-state index contributed by atoms with van der Waals surface area (Å²) in [6.07, 6.45) is 3.20. The van der Waals surface area contributed by atoms with Crippen LogP contribution in [0.1, 0.15) is 22.4 Å². The van der Waals surface area contributed by atoms with Crippen LogP contribution in [0.2, 0.25) is 0 Å². The van der Waals surface area contributed by atoms with Crippen LogP contribution in [0.25, 0.3) is 0 Å². The highest BCUT2D eigenvalue weighted by atomic mass is 16.3. The van der Waals surface area contributed by atoms with E-state index in [0.717, 1.165) is 31.9 Å². The Kier molecular flexibility index (Phi) is 5.25. The second-order valence-electron chi connectivity index (χ2n) is 6.74. The summed E-state index contributed by atoms with van der Waals surface area (Å²) in [6.45, 7) is 4.42. The van der Waals surface area contributed by atoms with Crippen molar-refractivity contribution in [3.8, 4) is 0 Å². The maximum absolute atomic E-state index is 12.2. The van der Waals surface area contributed by atoms with Gasteiger partial charge in [0.2, 0.25) is 0 Å². The second-order valence-corrected chi connectivity index (χ2v) is 6.74. The monoisotopic (exact) mass is 366 g/mol. The smallest absolute Gasteiger partial charge is 0.287 e. The van der Waals surface area contributed by atoms with Gasteiger partial charge < -0.3 is 24.0 Å². The predicted octanol–water partition coefficient (Wildman–Crippen LogP) is 1.75. The topological polar surface area (TPSA) is 63.1 Å². The number of amides is 1. The first-order chi connectivity index (χ1) is 13.3. The van der Waals surface area contributed by atoms with E-state index in [9.17, 15) is 4.79 Å². The number of hydrogen-bond acceptors (Lipinski definition) is 4. The summed E-state index contributed by atoms with van der Waals surface area (Å²) < 4.78 is 10.9. The lowest BCUT2D eigenvalue weighted by atomic mass is 10.1. The van der Waals surface area contributed by atoms with Gasteiger partial charge in [-0.05, 0) is 36.4 Å². The highest BCUT2D eigenvalue weighted by Gasteiger charge is 2.31. The molecule has 0 unspecified atom stereocenters. The average Bonchev–Trinajstić information content (AvgIpc) is 3.44. The van der Waals surface area contributed by atoms with Crippen molar-refractivity contribution < 1.29 is 18.5 Å². The number of quaternary nitrogens is 1. The molecule has 0 bridgehead atoms. The van der Waals surface area contributed by atoms with Gasteiger partial charge in [0.05, 0.1) is 45.3 Å². The van der Waals surface area contributed by atoms with Crippen LogP contribution in [0, 0.1) is 0 Å². The maximum Gasteiger partial charge on any atom is 0.287 e. The van der Waals surface area contributed by atoms with E-state index in [1.165, 1.54) is 16.9 Å². The number of furan rings is 2. The lowest BCUT2D eigenvalue weighted by Crippen LogP contribution is -3.15. The molecule has 1 atom stereocenters. The van der Waals surface area contributed by atoms with Crippen molar-refractivity contribution in [2.75, 3.05) is 37.6 Å². The minimum atomic E-state index is -0.195. The van der Waals surface area contributed by atoms with Gasteiger partial charge in [0.15, 0.2) is 17.6 Å². The molecule has 1 fully saturated rings. The van der Waals surface area contributed by atoms with E-state index in [1.807, 2.05) is 18.2 Å². The van der Waals surface area contributed by atoms with Crippen molar-refractivity contribution in [1.29, 1.82) is 0 Å². The van der Waals surface area contributed by atoms with Gasteiger partial charge in [0.25, 0.3) is 5.91 Å². The number of anilines is 1. The van der Waals surface area contributed by atoms with Gasteiger partial charge in [-0.25, -0.2) is 0 Å². The zero-order chi connectivity index (χ0) is 18.5. The molecule has 140 valence electrons. The van der Waals surface area contributed by atoms with Gasteiger partial charge in [-0.2, -0.15) is 0 Å². The summed E-state index contributed by atoms with van der Waals surface area (Å²) in [7, 11) is 0. The van der Waals surface area contributed by atoms with Gasteiger partial charge in [0.1, 0.15) is 0 Å². The fourth-order valence-electron chi connectivity index (χ4n) is 3.66. The minimum absolute atomic E-state index is 0.0804. The third kappa shape index (κ3) is 4.06. The van der Waals surface area contributed by atoms with E-state index in [1.54, 1.807) is 18.4 Å². The van der Waals surface area contributed by atoms with Crippen molar-refractivity contribution in [3.05, 3.63) is 78.6 Å². The number of piperazine rings is 1. The molecule has 3 heterocycles. The maximum atomic E-state index is 12.2. The first-order valence-corrected chi connectivity index (χ1v) is 9.31. The molecule has 6 heteroatoms. The summed E-state index contributed by atoms with van der Waals surface area (Å²) in [5.74, 6) is 1.04. The van der Waals surface area contributed by atoms with E-state index in [-0.39, 0.29) is 11.9 Å². The van der Waals surface area contributed by atoms with Crippen LogP contribution in [0.3, 0.4) is 0 Å². The van der Waals surface area contributed by atoms with Gasteiger partial charge in [-0.3, -0.25) is 4.79 Å². The van der Waals surface area contributed by atoms with Crippen LogP contribution < -0.4 is 15.1 Å². The Morgan fingerprint density at radius 1 is 1.00 bits per heavy atom. The summed E-state index contributed by atoms with van der Waals surface area (Å²) in [4.78, 5) is 16.1. The first kappa shape index (κ1) is 17.4. The van der Waals surface area contributed by atoms with E-state index < -0.39 is 0 Å². The Labute approximate surface area is 158 Å². The fourth-order valence-corrected chi connectivity index (χ4v) is 3.66. The third-order valence-corrected chi connectivity index (χ3v) is 5.12. The Morgan fingerprint density at radius 3 is 2.41 bits per heavy atom. The molecule has 27 heavy (non-hydrogen) atoms. The van der Waals surface area contributed by atoms with Crippen molar-refractivity contribution in [3.63, 3.8) is 0 Å². The fraction of sp³-hybridized carbons (Fsp3) is 0.286. The number of para-hydroxylation sites is 1. The van der Waals surface area contributed by atoms with Crippen LogP contribution >= 0.6 is 0 Å². The summed E-state index contributed by atoms with van der Waals surface area (Å²) in [5.41, 5.74) is 1.26. The normalized spacial score (nSPS) is 16.2. The summed E-state index contributed by atoms with van der Waals surface area (Å²) >= 11 is 0. The number of benzene rings is 1. The molecule has 1 saturated heterocycles. The zero-order valence-corrected chi connectivity index (χ0v) is 15.1. The Bertz CT molecular complexity index is 823. The lowest BCUT2D eigenvalue weighted by molar-refractivity contribution is -0.932. The molecule has 1 aromatic carbocycles. The van der Waals surface area contributed by atoms with Crippen molar-refractivity contribution in [1.82, 2.24) is 5.32 Å². The number of carbonyl (C=O) groups is 1. The molecular formula is C21H24N3O3+. The number of rotatable bonds is 6. The van der Waals surface area contributed by atoms with Crippen LogP contribution in [-0.4, -0.2) is 38.6 Å². The average molecular weight is 366 g/mol. The number of nitrogens with zero attached hydrogens (tertiary/aromatic N) is 1. The molecule has 1 aliphatic heterocycles. The second kappa shape index (κ2) is 8.14. The van der Waals surface area contributed by atoms with E-state index in [2.05, 4.69) is 34.5 Å². The van der Waals surface area contributed by atoms with E-state index in [0.29, 0.717) is 12.3 Å². The first-order valence-electron chi connectivity index (χ1n) is 9.31. The van der Waals surface area contributed by atoms with Crippen molar-refractivity contribution in [2.24, 2.45) is 0 Å². The number of nitrogens with one attached hydrogen (secondary N) is 2. The molecule has 2 aromatic heterocycles. The lowest BCUT2D eigenvalue weighted by Gasteiger charge is -2.37. The molecular weight excluding hydrogens is 342 g/mol. The van der Waals surface area contributed by atoms with Crippen LogP contribution in [0.4, 0.5) is 5.69 Å². The van der Waals surface area contributed by atoms with Crippen molar-refractivity contribution in [2.45, 2.75) is 6.04 Å². The summed E-state index contributed by atoms with van der Waals surface area (Å²) in [6, 6.07) is 17.8. The van der Waals surface area contributed by atoms with E-state index >= 15 is 0 Å². The minimum Gasteiger partial charge on any atom is -0.463 e. The third-order valence-electron chi connectivity index (χ3n) is 5.12. The van der Waals surface area contributed by atoms with Gasteiger partial charge in [-0.1, -0.05) is 18.2 Å². The Balaban J connectivity index is 1.40. The van der Waals surface area contributed by atoms with Crippen LogP contribution in [-0.2, 0) is 0 Å². The molecule has 0 spiro atoms. The quantitative estimate of drug-likeness (QED) is 0.698. The van der Waals surface area contributed by atoms with Gasteiger partial charge in [0, 0.05) is 5.69 Å². The molecule has 2 N–H and O–H groups in total. The number of hydrogen-bond donors (Lipinski definition) is 2. The molecule has 0 radical (unpaired) electrons. The highest BCUT2D eigenvalue weighted by molar-refractivity contribution is 5.91. The van der Waals surface area contributed by atoms with Crippen LogP contribution in [0.15, 0.2) is 76.0 Å². The molecule has 6 nitrogen and oxygen atoms in total. The molecule has 4 rings (SSSR count). The van der Waals surface area contributed by atoms with E-state index in [4.69, 9.17) is 8.83 Å². The van der Waals surface area contributed by atoms with Crippen LogP contribution in [0.5, 0.6) is 0 Å². The predicted molar refractivity (Wildman–Crippen MR) is 102 cm³/mol. The SMILES string of the molecule is O=C(NC[C@@H](c1ccco1)[NH+]1CCN(c2ccccc2)CC1)c1ccco1. The Hall–Kier alpha value is -2.99. The molecule has 1 aliphatic rings. The largest absolute Gasteiger partial charge is 0.463 e. The van der Waals surface area contributed by atoms with Crippen molar-refractivity contribution >= 4 is 11.6 Å². The highest BCUT2D eigenvalue weighted by Crippen LogP contribution is 2.15. The standard InChI is InChI=1S/C21H23N3O3/c25-21(20-9-5-15-27-20)22-16-18(19-8-4-14-26-19)24-12-10-23(11-13-24)17-6-2-1-3-7-17/h1-9,14-15,18H,10-13,16H2,(H,22,25)/p+1/t18-/m0/s1. The van der Waals surface area contributed by atoms with Gasteiger partial charge >= 0.3 is 0 Å². The molecule has 1 amide bonds. The zero-order valence-electron chi connectivity index (χ0n) is 15.1.